The first kappa shape index (κ1) is 14.5. The maximum absolute atomic E-state index is 11.5. The molecular formula is C11H14Br2N2O2S. The predicted octanol–water partition coefficient (Wildman–Crippen LogP) is 2.65. The largest absolute Gasteiger partial charge is 0.480 e. The van der Waals surface area contributed by atoms with Crippen LogP contribution in [0.4, 0.5) is 0 Å². The van der Waals surface area contributed by atoms with Crippen LogP contribution in [0.25, 0.3) is 0 Å². The summed E-state index contributed by atoms with van der Waals surface area (Å²) in [6, 6.07) is 1.36. The van der Waals surface area contributed by atoms with Crippen LogP contribution in [0.2, 0.25) is 0 Å². The van der Waals surface area contributed by atoms with E-state index in [9.17, 15) is 9.90 Å². The highest BCUT2D eigenvalue weighted by molar-refractivity contribution is 9.13. The van der Waals surface area contributed by atoms with Crippen LogP contribution in [0.3, 0.4) is 0 Å². The Morgan fingerprint density at radius 3 is 2.44 bits per heavy atom. The first-order chi connectivity index (χ1) is 8.49. The average molecular weight is 398 g/mol. The Balaban J connectivity index is 2.20. The molecule has 0 aromatic carbocycles. The molecule has 1 atom stereocenters. The molecule has 0 saturated carbocycles. The fourth-order valence-electron chi connectivity index (χ4n) is 2.04. The normalized spacial score (nSPS) is 19.9. The molecule has 0 spiro atoms. The van der Waals surface area contributed by atoms with E-state index >= 15 is 0 Å². The molecule has 1 fully saturated rings. The Hall–Kier alpha value is 0.0500. The number of hydrogen-bond donors (Lipinski definition) is 1. The van der Waals surface area contributed by atoms with Gasteiger partial charge in [0.25, 0.3) is 0 Å². The summed E-state index contributed by atoms with van der Waals surface area (Å²) in [6.45, 7) is 3.41. The summed E-state index contributed by atoms with van der Waals surface area (Å²) >= 11 is 8.31. The third-order valence-corrected chi connectivity index (χ3v) is 6.38. The molecule has 4 nitrogen and oxygen atoms in total. The summed E-state index contributed by atoms with van der Waals surface area (Å²) in [4.78, 5) is 16.6. The minimum atomic E-state index is -0.777. The summed E-state index contributed by atoms with van der Waals surface area (Å²) < 4.78 is 1.86. The molecule has 1 aliphatic heterocycles. The third kappa shape index (κ3) is 3.14. The molecule has 1 aromatic rings. The SMILES string of the molecule is CN1CCN(C(C(=O)O)c2cc(Br)c(Br)s2)CC1. The van der Waals surface area contributed by atoms with Gasteiger partial charge in [-0.2, -0.15) is 0 Å². The fourth-order valence-corrected chi connectivity index (χ4v) is 4.25. The van der Waals surface area contributed by atoms with Crippen LogP contribution in [0.5, 0.6) is 0 Å². The van der Waals surface area contributed by atoms with Gasteiger partial charge in [0, 0.05) is 35.5 Å². The molecule has 1 N–H and O–H groups in total. The minimum absolute atomic E-state index is 0.536. The number of hydrogen-bond acceptors (Lipinski definition) is 4. The number of carboxylic acids is 1. The molecule has 2 rings (SSSR count). The number of aliphatic carboxylic acids is 1. The van der Waals surface area contributed by atoms with Gasteiger partial charge in [-0.05, 0) is 45.0 Å². The van der Waals surface area contributed by atoms with Crippen LogP contribution < -0.4 is 0 Å². The first-order valence-electron chi connectivity index (χ1n) is 5.59. The van der Waals surface area contributed by atoms with Gasteiger partial charge >= 0.3 is 5.97 Å². The van der Waals surface area contributed by atoms with Crippen molar-refractivity contribution < 1.29 is 9.90 Å². The van der Waals surface area contributed by atoms with Crippen molar-refractivity contribution in [2.24, 2.45) is 0 Å². The monoisotopic (exact) mass is 396 g/mol. The molecule has 0 bridgehead atoms. The molecule has 0 radical (unpaired) electrons. The lowest BCUT2D eigenvalue weighted by molar-refractivity contribution is -0.144. The first-order valence-corrected chi connectivity index (χ1v) is 7.99. The smallest absolute Gasteiger partial charge is 0.326 e. The molecule has 0 aliphatic carbocycles. The van der Waals surface area contributed by atoms with Crippen molar-refractivity contribution in [1.29, 1.82) is 0 Å². The van der Waals surface area contributed by atoms with E-state index in [1.807, 2.05) is 11.0 Å². The molecule has 100 valence electrons. The maximum Gasteiger partial charge on any atom is 0.326 e. The summed E-state index contributed by atoms with van der Waals surface area (Å²) in [5, 5.41) is 9.47. The number of carbonyl (C=O) groups is 1. The van der Waals surface area contributed by atoms with Crippen molar-refractivity contribution in [3.63, 3.8) is 0 Å². The summed E-state index contributed by atoms with van der Waals surface area (Å²) in [7, 11) is 2.06. The Labute approximate surface area is 127 Å². The molecular weight excluding hydrogens is 384 g/mol. The van der Waals surface area contributed by atoms with E-state index in [1.54, 1.807) is 0 Å². The Morgan fingerprint density at radius 2 is 2.00 bits per heavy atom. The van der Waals surface area contributed by atoms with E-state index in [0.29, 0.717) is 0 Å². The van der Waals surface area contributed by atoms with Crippen LogP contribution in [-0.2, 0) is 4.79 Å². The van der Waals surface area contributed by atoms with Gasteiger partial charge in [-0.1, -0.05) is 0 Å². The van der Waals surface area contributed by atoms with E-state index < -0.39 is 12.0 Å². The molecule has 2 heterocycles. The van der Waals surface area contributed by atoms with Gasteiger partial charge in [0.2, 0.25) is 0 Å². The third-order valence-electron chi connectivity index (χ3n) is 3.07. The summed E-state index contributed by atoms with van der Waals surface area (Å²) in [5.41, 5.74) is 0. The molecule has 18 heavy (non-hydrogen) atoms. The molecule has 7 heteroatoms. The Kier molecular flexibility index (Phi) is 4.82. The number of rotatable bonds is 3. The second-order valence-corrected chi connectivity index (χ2v) is 7.61. The lowest BCUT2D eigenvalue weighted by Crippen LogP contribution is -2.47. The summed E-state index contributed by atoms with van der Waals surface area (Å²) in [6.07, 6.45) is 0. The second kappa shape index (κ2) is 6.00. The molecule has 1 aliphatic rings. The number of likely N-dealkylation sites (N-methyl/N-ethyl adjacent to an activating group) is 1. The van der Waals surface area contributed by atoms with E-state index in [-0.39, 0.29) is 0 Å². The van der Waals surface area contributed by atoms with Crippen LogP contribution in [0.15, 0.2) is 14.3 Å². The zero-order chi connectivity index (χ0) is 13.3. The predicted molar refractivity (Wildman–Crippen MR) is 79.2 cm³/mol. The Bertz CT molecular complexity index is 425. The number of piperazine rings is 1. The number of thiophene rings is 1. The average Bonchev–Trinajstić information content (AvgIpc) is 2.61. The molecule has 1 unspecified atom stereocenters. The van der Waals surface area contributed by atoms with Gasteiger partial charge in [0.15, 0.2) is 0 Å². The lowest BCUT2D eigenvalue weighted by atomic mass is 10.2. The highest BCUT2D eigenvalue weighted by Crippen LogP contribution is 2.37. The molecule has 0 amide bonds. The van der Waals surface area contributed by atoms with Crippen molar-refractivity contribution in [3.05, 3.63) is 19.2 Å². The standard InChI is InChI=1S/C11H14Br2N2O2S/c1-14-2-4-15(5-3-14)9(11(16)17)8-6-7(12)10(13)18-8/h6,9H,2-5H2,1H3,(H,16,17). The van der Waals surface area contributed by atoms with Crippen molar-refractivity contribution in [1.82, 2.24) is 9.80 Å². The van der Waals surface area contributed by atoms with Gasteiger partial charge in [-0.25, -0.2) is 0 Å². The highest BCUT2D eigenvalue weighted by atomic mass is 79.9. The van der Waals surface area contributed by atoms with Gasteiger partial charge < -0.3 is 10.0 Å². The fraction of sp³-hybridized carbons (Fsp3) is 0.545. The van der Waals surface area contributed by atoms with E-state index in [0.717, 1.165) is 39.3 Å². The van der Waals surface area contributed by atoms with E-state index in [2.05, 4.69) is 43.8 Å². The molecule has 1 saturated heterocycles. The maximum atomic E-state index is 11.5. The highest BCUT2D eigenvalue weighted by Gasteiger charge is 2.31. The second-order valence-electron chi connectivity index (χ2n) is 4.35. The van der Waals surface area contributed by atoms with Gasteiger partial charge in [-0.15, -0.1) is 11.3 Å². The van der Waals surface area contributed by atoms with Crippen molar-refractivity contribution in [3.8, 4) is 0 Å². The van der Waals surface area contributed by atoms with Crippen molar-refractivity contribution in [2.75, 3.05) is 33.2 Å². The van der Waals surface area contributed by atoms with Gasteiger partial charge in [-0.3, -0.25) is 9.69 Å². The quantitative estimate of drug-likeness (QED) is 0.851. The number of carboxylic acid groups (broad SMARTS) is 1. The van der Waals surface area contributed by atoms with E-state index in [4.69, 9.17) is 0 Å². The van der Waals surface area contributed by atoms with Crippen molar-refractivity contribution in [2.45, 2.75) is 6.04 Å². The summed E-state index contributed by atoms with van der Waals surface area (Å²) in [5.74, 6) is -0.777. The number of halogens is 2. The van der Waals surface area contributed by atoms with Crippen molar-refractivity contribution >= 4 is 49.2 Å². The zero-order valence-corrected chi connectivity index (χ0v) is 13.9. The van der Waals surface area contributed by atoms with Crippen LogP contribution in [0, 0.1) is 0 Å². The Morgan fingerprint density at radius 1 is 1.39 bits per heavy atom. The number of nitrogens with zero attached hydrogens (tertiary/aromatic N) is 2. The topological polar surface area (TPSA) is 43.8 Å². The van der Waals surface area contributed by atoms with Crippen LogP contribution >= 0.6 is 43.2 Å². The molecule has 1 aromatic heterocycles. The van der Waals surface area contributed by atoms with Crippen LogP contribution in [-0.4, -0.2) is 54.1 Å². The van der Waals surface area contributed by atoms with Gasteiger partial charge in [0.1, 0.15) is 6.04 Å². The minimum Gasteiger partial charge on any atom is -0.480 e. The van der Waals surface area contributed by atoms with Gasteiger partial charge in [0.05, 0.1) is 3.79 Å². The van der Waals surface area contributed by atoms with E-state index in [1.165, 1.54) is 11.3 Å². The van der Waals surface area contributed by atoms with Crippen LogP contribution in [0.1, 0.15) is 10.9 Å². The lowest BCUT2D eigenvalue weighted by Gasteiger charge is -2.35. The zero-order valence-electron chi connectivity index (χ0n) is 9.90.